The highest BCUT2D eigenvalue weighted by molar-refractivity contribution is 7.99. The number of halogens is 3. The maximum absolute atomic E-state index is 12.4. The van der Waals surface area contributed by atoms with E-state index in [0.29, 0.717) is 15.3 Å². The highest BCUT2D eigenvalue weighted by Gasteiger charge is 2.30. The third-order valence-electron chi connectivity index (χ3n) is 2.80. The van der Waals surface area contributed by atoms with Crippen LogP contribution in [-0.4, -0.2) is 10.9 Å². The van der Waals surface area contributed by atoms with Crippen molar-refractivity contribution in [1.29, 1.82) is 0 Å². The third kappa shape index (κ3) is 4.12. The van der Waals surface area contributed by atoms with E-state index in [1.165, 1.54) is 18.3 Å². The molecule has 0 aliphatic rings. The minimum atomic E-state index is -4.39. The van der Waals surface area contributed by atoms with E-state index in [4.69, 9.17) is 0 Å². The number of alkyl halides is 3. The third-order valence-corrected chi connectivity index (χ3v) is 3.89. The molecule has 0 fully saturated rings. The molecule has 0 aliphatic carbocycles. The fraction of sp³-hybridized carbons (Fsp3) is 0.214. The molecule has 0 radical (unpaired) electrons. The van der Waals surface area contributed by atoms with E-state index in [1.807, 2.05) is 0 Å². The van der Waals surface area contributed by atoms with Crippen LogP contribution in [0.25, 0.3) is 0 Å². The van der Waals surface area contributed by atoms with Gasteiger partial charge >= 0.3 is 6.18 Å². The topological polar surface area (TPSA) is 47.2 Å². The first-order valence-electron chi connectivity index (χ1n) is 6.04. The van der Waals surface area contributed by atoms with Crippen molar-refractivity contribution in [3.8, 4) is 0 Å². The van der Waals surface area contributed by atoms with Gasteiger partial charge in [0, 0.05) is 17.9 Å². The lowest BCUT2D eigenvalue weighted by atomic mass is 10.1. The van der Waals surface area contributed by atoms with Crippen LogP contribution in [0.2, 0.25) is 0 Å². The van der Waals surface area contributed by atoms with E-state index in [-0.39, 0.29) is 5.75 Å². The van der Waals surface area contributed by atoms with Crippen LogP contribution in [0.3, 0.4) is 0 Å². The molecule has 1 unspecified atom stereocenters. The maximum Gasteiger partial charge on any atom is 0.416 e. The molecule has 7 heteroatoms. The number of hydrogen-bond donors (Lipinski definition) is 1. The average Bonchev–Trinajstić information content (AvgIpc) is 2.45. The van der Waals surface area contributed by atoms with E-state index in [2.05, 4.69) is 0 Å². The second-order valence-electron chi connectivity index (χ2n) is 4.31. The fourth-order valence-corrected chi connectivity index (χ4v) is 2.56. The molecule has 1 aromatic heterocycles. The highest BCUT2D eigenvalue weighted by atomic mass is 32.2. The van der Waals surface area contributed by atoms with Crippen molar-refractivity contribution in [2.75, 3.05) is 5.75 Å². The summed E-state index contributed by atoms with van der Waals surface area (Å²) in [6, 6.07) is 9.23. The molecule has 112 valence electrons. The molecule has 0 amide bonds. The maximum atomic E-state index is 12.4. The molecule has 0 bridgehead atoms. The first-order chi connectivity index (χ1) is 9.88. The minimum absolute atomic E-state index is 0.178. The second kappa shape index (κ2) is 6.36. The van der Waals surface area contributed by atoms with Crippen molar-refractivity contribution in [3.63, 3.8) is 0 Å². The molecular weight excluding hydrogens is 303 g/mol. The van der Waals surface area contributed by atoms with Crippen LogP contribution < -0.4 is 4.73 Å². The van der Waals surface area contributed by atoms with Crippen molar-refractivity contribution < 1.29 is 23.0 Å². The van der Waals surface area contributed by atoms with Crippen LogP contribution in [0.4, 0.5) is 13.2 Å². The van der Waals surface area contributed by atoms with Crippen LogP contribution in [0.5, 0.6) is 0 Å². The van der Waals surface area contributed by atoms with Gasteiger partial charge < -0.3 is 10.3 Å². The molecule has 2 rings (SSSR count). The summed E-state index contributed by atoms with van der Waals surface area (Å²) >= 11 is 1.14. The first kappa shape index (κ1) is 15.7. The van der Waals surface area contributed by atoms with Crippen LogP contribution in [-0.2, 0) is 6.18 Å². The number of benzene rings is 1. The summed E-state index contributed by atoms with van der Waals surface area (Å²) in [6.45, 7) is 0. The predicted molar refractivity (Wildman–Crippen MR) is 72.5 cm³/mol. The van der Waals surface area contributed by atoms with Gasteiger partial charge in [-0.15, -0.1) is 0 Å². The minimum Gasteiger partial charge on any atom is -0.618 e. The van der Waals surface area contributed by atoms with Gasteiger partial charge in [-0.2, -0.15) is 17.9 Å². The largest absolute Gasteiger partial charge is 0.618 e. The van der Waals surface area contributed by atoms with Gasteiger partial charge in [0.25, 0.3) is 5.03 Å². The number of aliphatic hydroxyl groups is 1. The number of hydrogen-bond acceptors (Lipinski definition) is 3. The lowest BCUT2D eigenvalue weighted by Gasteiger charge is -2.12. The lowest BCUT2D eigenvalue weighted by Crippen LogP contribution is -2.28. The Morgan fingerprint density at radius 1 is 1.14 bits per heavy atom. The molecule has 1 atom stereocenters. The summed E-state index contributed by atoms with van der Waals surface area (Å²) in [5.41, 5.74) is -0.379. The number of rotatable bonds is 4. The van der Waals surface area contributed by atoms with E-state index < -0.39 is 17.8 Å². The lowest BCUT2D eigenvalue weighted by molar-refractivity contribution is -0.645. The molecule has 0 saturated carbocycles. The summed E-state index contributed by atoms with van der Waals surface area (Å²) in [7, 11) is 0. The van der Waals surface area contributed by atoms with Gasteiger partial charge in [-0.3, -0.25) is 0 Å². The molecule has 0 saturated heterocycles. The Balaban J connectivity index is 2.01. The van der Waals surface area contributed by atoms with Crippen molar-refractivity contribution in [2.24, 2.45) is 0 Å². The number of thioether (sulfide) groups is 1. The molecule has 3 nitrogen and oxygen atoms in total. The van der Waals surface area contributed by atoms with Gasteiger partial charge in [-0.25, -0.2) is 0 Å². The quantitative estimate of drug-likeness (QED) is 0.535. The average molecular weight is 315 g/mol. The van der Waals surface area contributed by atoms with Crippen LogP contribution >= 0.6 is 11.8 Å². The van der Waals surface area contributed by atoms with E-state index in [0.717, 1.165) is 23.9 Å². The molecule has 21 heavy (non-hydrogen) atoms. The van der Waals surface area contributed by atoms with Crippen LogP contribution in [0.15, 0.2) is 53.7 Å². The van der Waals surface area contributed by atoms with Gasteiger partial charge in [-0.05, 0) is 23.8 Å². The zero-order valence-corrected chi connectivity index (χ0v) is 11.6. The number of pyridine rings is 1. The molecule has 1 N–H and O–H groups in total. The van der Waals surface area contributed by atoms with Crippen molar-refractivity contribution in [3.05, 3.63) is 65.0 Å². The Kier molecular flexibility index (Phi) is 4.74. The highest BCUT2D eigenvalue weighted by Crippen LogP contribution is 2.30. The monoisotopic (exact) mass is 315 g/mol. The van der Waals surface area contributed by atoms with Crippen molar-refractivity contribution in [1.82, 2.24) is 0 Å². The smallest absolute Gasteiger partial charge is 0.416 e. The number of aliphatic hydroxyl groups excluding tert-OH is 1. The zero-order chi connectivity index (χ0) is 15.5. The summed E-state index contributed by atoms with van der Waals surface area (Å²) in [5.74, 6) is 0.178. The Bertz CT molecular complexity index is 602. The van der Waals surface area contributed by atoms with Gasteiger partial charge in [-0.1, -0.05) is 23.9 Å². The predicted octanol–water partition coefficient (Wildman–Crippen LogP) is 3.16. The molecule has 0 aliphatic heterocycles. The van der Waals surface area contributed by atoms with Crippen molar-refractivity contribution in [2.45, 2.75) is 17.3 Å². The summed E-state index contributed by atoms with van der Waals surface area (Å²) in [5, 5.41) is 21.8. The zero-order valence-electron chi connectivity index (χ0n) is 10.7. The van der Waals surface area contributed by atoms with Gasteiger partial charge in [0.05, 0.1) is 11.7 Å². The van der Waals surface area contributed by atoms with Crippen molar-refractivity contribution >= 4 is 11.8 Å². The Morgan fingerprint density at radius 2 is 1.81 bits per heavy atom. The summed E-state index contributed by atoms with van der Waals surface area (Å²) in [4.78, 5) is 0. The number of nitrogens with zero attached hydrogens (tertiary/aromatic N) is 1. The fourth-order valence-electron chi connectivity index (χ4n) is 1.68. The van der Waals surface area contributed by atoms with Crippen LogP contribution in [0.1, 0.15) is 17.2 Å². The molecular formula is C14H12F3NO2S. The van der Waals surface area contributed by atoms with Gasteiger partial charge in [0.15, 0.2) is 6.20 Å². The summed E-state index contributed by atoms with van der Waals surface area (Å²) < 4.78 is 38.0. The van der Waals surface area contributed by atoms with Gasteiger partial charge in [0.2, 0.25) is 0 Å². The molecule has 0 spiro atoms. The van der Waals surface area contributed by atoms with E-state index >= 15 is 0 Å². The normalized spacial score (nSPS) is 13.1. The first-order valence-corrected chi connectivity index (χ1v) is 7.02. The molecule has 1 heterocycles. The second-order valence-corrected chi connectivity index (χ2v) is 5.35. The van der Waals surface area contributed by atoms with E-state index in [1.54, 1.807) is 18.2 Å². The standard InChI is InChI=1S/C14H12F3NO2S/c15-14(16,17)11-6-4-10(5-7-11)12(19)9-21-13-3-1-2-8-18(13)20/h1-8,12,19H,9H2. The molecule has 2 aromatic rings. The Labute approximate surface area is 123 Å². The number of aromatic nitrogens is 1. The Morgan fingerprint density at radius 3 is 2.38 bits per heavy atom. The van der Waals surface area contributed by atoms with Gasteiger partial charge in [0.1, 0.15) is 0 Å². The Hall–Kier alpha value is -1.73. The van der Waals surface area contributed by atoms with Crippen LogP contribution in [0, 0.1) is 5.21 Å². The van der Waals surface area contributed by atoms with E-state index in [9.17, 15) is 23.5 Å². The SMILES string of the molecule is [O-][n+]1ccccc1SCC(O)c1ccc(C(F)(F)F)cc1. The molecule has 1 aromatic carbocycles. The summed E-state index contributed by atoms with van der Waals surface area (Å²) in [6.07, 6.45) is -4.00.